The molecule has 1 aliphatic heterocycles. The molecule has 0 aromatic rings. The fourth-order valence-electron chi connectivity index (χ4n) is 2.71. The first-order valence-corrected chi connectivity index (χ1v) is 6.09. The summed E-state index contributed by atoms with van der Waals surface area (Å²) in [5.74, 6) is 0.462. The van der Waals surface area contributed by atoms with Gasteiger partial charge in [0.25, 0.3) is 0 Å². The zero-order chi connectivity index (χ0) is 10.7. The highest BCUT2D eigenvalue weighted by Crippen LogP contribution is 2.30. The number of carbonyl (C=O) groups excluding carboxylic acids is 1. The second-order valence-electron chi connectivity index (χ2n) is 5.13. The number of rotatable bonds is 3. The molecule has 0 amide bonds. The lowest BCUT2D eigenvalue weighted by atomic mass is 9.77. The summed E-state index contributed by atoms with van der Waals surface area (Å²) in [6.45, 7) is 1.36. The summed E-state index contributed by atoms with van der Waals surface area (Å²) in [6.07, 6.45) is 7.16. The Labute approximate surface area is 91.4 Å². The van der Waals surface area contributed by atoms with Gasteiger partial charge in [-0.3, -0.25) is 4.79 Å². The quantitative estimate of drug-likeness (QED) is 0.772. The maximum Gasteiger partial charge on any atom is 0.140 e. The van der Waals surface area contributed by atoms with Gasteiger partial charge >= 0.3 is 0 Å². The first-order chi connectivity index (χ1) is 7.20. The van der Waals surface area contributed by atoms with E-state index in [0.29, 0.717) is 18.8 Å². The summed E-state index contributed by atoms with van der Waals surface area (Å²) < 4.78 is 5.24. The maximum absolute atomic E-state index is 12.0. The summed E-state index contributed by atoms with van der Waals surface area (Å²) >= 11 is 0. The molecule has 15 heavy (non-hydrogen) atoms. The molecule has 1 unspecified atom stereocenters. The van der Waals surface area contributed by atoms with Gasteiger partial charge in [-0.2, -0.15) is 0 Å². The summed E-state index contributed by atoms with van der Waals surface area (Å²) in [5.41, 5.74) is 6.07. The van der Waals surface area contributed by atoms with E-state index >= 15 is 0 Å². The Morgan fingerprint density at radius 2 is 2.07 bits per heavy atom. The van der Waals surface area contributed by atoms with Crippen molar-refractivity contribution >= 4 is 5.78 Å². The average Bonchev–Trinajstić information content (AvgIpc) is 2.70. The molecule has 0 spiro atoms. The lowest BCUT2D eigenvalue weighted by Crippen LogP contribution is -2.44. The third-order valence-corrected chi connectivity index (χ3v) is 3.76. The smallest absolute Gasteiger partial charge is 0.140 e. The maximum atomic E-state index is 12.0. The van der Waals surface area contributed by atoms with Crippen LogP contribution in [-0.4, -0.2) is 24.5 Å². The van der Waals surface area contributed by atoms with Crippen LogP contribution in [0.2, 0.25) is 0 Å². The van der Waals surface area contributed by atoms with Gasteiger partial charge in [0.05, 0.1) is 6.61 Å². The highest BCUT2D eigenvalue weighted by atomic mass is 16.5. The molecule has 3 nitrogen and oxygen atoms in total. The summed E-state index contributed by atoms with van der Waals surface area (Å²) in [6, 6.07) is 0. The Balaban J connectivity index is 1.86. The molecule has 0 radical (unpaired) electrons. The second kappa shape index (κ2) is 4.62. The van der Waals surface area contributed by atoms with E-state index in [9.17, 15) is 4.79 Å². The Bertz CT molecular complexity index is 228. The highest BCUT2D eigenvalue weighted by molar-refractivity contribution is 5.82. The first-order valence-electron chi connectivity index (χ1n) is 6.09. The number of ether oxygens (including phenoxy) is 1. The normalized spacial score (nSPS) is 30.3. The van der Waals surface area contributed by atoms with E-state index in [0.717, 1.165) is 25.9 Å². The van der Waals surface area contributed by atoms with Gasteiger partial charge in [-0.05, 0) is 19.3 Å². The third-order valence-electron chi connectivity index (χ3n) is 3.76. The average molecular weight is 211 g/mol. The molecule has 0 aromatic heterocycles. The largest absolute Gasteiger partial charge is 0.381 e. The van der Waals surface area contributed by atoms with Crippen molar-refractivity contribution in [2.45, 2.75) is 50.5 Å². The molecule has 2 aliphatic rings. The Hall–Kier alpha value is -0.410. The van der Waals surface area contributed by atoms with E-state index in [-0.39, 0.29) is 11.5 Å². The monoisotopic (exact) mass is 211 g/mol. The van der Waals surface area contributed by atoms with Gasteiger partial charge in [0, 0.05) is 24.5 Å². The first kappa shape index (κ1) is 11.1. The molecule has 86 valence electrons. The predicted octanol–water partition coefficient (Wildman–Crippen LogP) is 1.64. The number of hydrogen-bond acceptors (Lipinski definition) is 3. The van der Waals surface area contributed by atoms with Crippen molar-refractivity contribution in [2.24, 2.45) is 11.7 Å². The SMILES string of the molecule is NC1(CC(=O)C2CCOC2)CCCCC1. The van der Waals surface area contributed by atoms with Crippen LogP contribution in [-0.2, 0) is 9.53 Å². The lowest BCUT2D eigenvalue weighted by Gasteiger charge is -2.33. The van der Waals surface area contributed by atoms with Gasteiger partial charge in [-0.25, -0.2) is 0 Å². The molecular formula is C12H21NO2. The van der Waals surface area contributed by atoms with Crippen LogP contribution in [0.1, 0.15) is 44.9 Å². The van der Waals surface area contributed by atoms with Crippen molar-refractivity contribution in [3.63, 3.8) is 0 Å². The van der Waals surface area contributed by atoms with E-state index in [1.54, 1.807) is 0 Å². The molecule has 1 heterocycles. The van der Waals surface area contributed by atoms with Gasteiger partial charge in [0.2, 0.25) is 0 Å². The molecule has 2 fully saturated rings. The van der Waals surface area contributed by atoms with Gasteiger partial charge in [0.15, 0.2) is 0 Å². The van der Waals surface area contributed by atoms with E-state index in [1.807, 2.05) is 0 Å². The molecule has 0 bridgehead atoms. The molecule has 0 aromatic carbocycles. The fourth-order valence-corrected chi connectivity index (χ4v) is 2.71. The van der Waals surface area contributed by atoms with Crippen molar-refractivity contribution in [1.82, 2.24) is 0 Å². The Kier molecular flexibility index (Phi) is 3.42. The van der Waals surface area contributed by atoms with Crippen molar-refractivity contribution in [3.8, 4) is 0 Å². The number of ketones is 1. The number of carbonyl (C=O) groups is 1. The zero-order valence-electron chi connectivity index (χ0n) is 9.34. The van der Waals surface area contributed by atoms with E-state index in [4.69, 9.17) is 10.5 Å². The van der Waals surface area contributed by atoms with Crippen molar-refractivity contribution in [2.75, 3.05) is 13.2 Å². The predicted molar refractivity (Wildman–Crippen MR) is 58.6 cm³/mol. The van der Waals surface area contributed by atoms with Crippen molar-refractivity contribution < 1.29 is 9.53 Å². The third kappa shape index (κ3) is 2.79. The minimum atomic E-state index is -0.197. The van der Waals surface area contributed by atoms with Gasteiger partial charge < -0.3 is 10.5 Å². The molecule has 1 atom stereocenters. The Morgan fingerprint density at radius 3 is 2.67 bits per heavy atom. The van der Waals surface area contributed by atoms with Crippen LogP contribution in [0, 0.1) is 5.92 Å². The van der Waals surface area contributed by atoms with Crippen LogP contribution in [0.3, 0.4) is 0 Å². The standard InChI is InChI=1S/C12H21NO2/c13-12(5-2-1-3-6-12)8-11(14)10-4-7-15-9-10/h10H,1-9,13H2. The molecule has 1 aliphatic carbocycles. The van der Waals surface area contributed by atoms with Crippen LogP contribution in [0.4, 0.5) is 0 Å². The van der Waals surface area contributed by atoms with E-state index in [1.165, 1.54) is 19.3 Å². The van der Waals surface area contributed by atoms with Crippen LogP contribution in [0.25, 0.3) is 0 Å². The van der Waals surface area contributed by atoms with Crippen molar-refractivity contribution in [3.05, 3.63) is 0 Å². The lowest BCUT2D eigenvalue weighted by molar-refractivity contribution is -0.124. The molecule has 1 saturated carbocycles. The summed E-state index contributed by atoms with van der Waals surface area (Å²) in [5, 5.41) is 0. The molecule has 2 rings (SSSR count). The number of nitrogens with two attached hydrogens (primary N) is 1. The topological polar surface area (TPSA) is 52.3 Å². The Morgan fingerprint density at radius 1 is 1.33 bits per heavy atom. The van der Waals surface area contributed by atoms with E-state index < -0.39 is 0 Å². The minimum Gasteiger partial charge on any atom is -0.381 e. The zero-order valence-corrected chi connectivity index (χ0v) is 9.34. The molecular weight excluding hydrogens is 190 g/mol. The molecule has 1 saturated heterocycles. The van der Waals surface area contributed by atoms with Crippen LogP contribution >= 0.6 is 0 Å². The number of Topliss-reactive ketones (excluding diaryl/α,β-unsaturated/α-hetero) is 1. The summed E-state index contributed by atoms with van der Waals surface area (Å²) in [7, 11) is 0. The fraction of sp³-hybridized carbons (Fsp3) is 0.917. The van der Waals surface area contributed by atoms with Crippen LogP contribution in [0.15, 0.2) is 0 Å². The van der Waals surface area contributed by atoms with Crippen LogP contribution < -0.4 is 5.73 Å². The van der Waals surface area contributed by atoms with Gasteiger partial charge in [0.1, 0.15) is 5.78 Å². The van der Waals surface area contributed by atoms with Gasteiger partial charge in [-0.15, -0.1) is 0 Å². The molecule has 2 N–H and O–H groups in total. The summed E-state index contributed by atoms with van der Waals surface area (Å²) in [4.78, 5) is 12.0. The van der Waals surface area contributed by atoms with Gasteiger partial charge in [-0.1, -0.05) is 19.3 Å². The molecule has 3 heteroatoms. The van der Waals surface area contributed by atoms with Crippen molar-refractivity contribution in [1.29, 1.82) is 0 Å². The highest BCUT2D eigenvalue weighted by Gasteiger charge is 2.33. The van der Waals surface area contributed by atoms with Crippen LogP contribution in [0.5, 0.6) is 0 Å². The second-order valence-corrected chi connectivity index (χ2v) is 5.13. The number of hydrogen-bond donors (Lipinski definition) is 1. The minimum absolute atomic E-state index is 0.132. The van der Waals surface area contributed by atoms with E-state index in [2.05, 4.69) is 0 Å².